The Bertz CT molecular complexity index is 1070. The summed E-state index contributed by atoms with van der Waals surface area (Å²) in [7, 11) is 3.34. The summed E-state index contributed by atoms with van der Waals surface area (Å²) in [4.78, 5) is 19.6. The van der Waals surface area contributed by atoms with Gasteiger partial charge in [0.25, 0.3) is 0 Å². The predicted molar refractivity (Wildman–Crippen MR) is 121 cm³/mol. The molecule has 0 aliphatic carbocycles. The van der Waals surface area contributed by atoms with Crippen LogP contribution < -0.4 is 14.4 Å². The minimum atomic E-state index is -0.318. The number of pyridine rings is 1. The van der Waals surface area contributed by atoms with Crippen LogP contribution in [0.5, 0.6) is 11.5 Å². The number of methoxy groups -OCH3 is 2. The van der Waals surface area contributed by atoms with E-state index in [1.165, 1.54) is 0 Å². The third-order valence-electron chi connectivity index (χ3n) is 5.95. The van der Waals surface area contributed by atoms with Crippen LogP contribution in [-0.4, -0.2) is 44.9 Å². The Labute approximate surface area is 182 Å². The summed E-state index contributed by atoms with van der Waals surface area (Å²) in [6.45, 7) is 3.91. The average Bonchev–Trinajstić information content (AvgIpc) is 2.83. The smallest absolute Gasteiger partial charge is 0.340 e. The van der Waals surface area contributed by atoms with Crippen molar-refractivity contribution in [1.82, 2.24) is 4.98 Å². The molecule has 0 saturated carbocycles. The van der Waals surface area contributed by atoms with E-state index in [1.54, 1.807) is 20.4 Å². The Balaban J connectivity index is 1.70. The molecule has 1 fully saturated rings. The van der Waals surface area contributed by atoms with E-state index in [2.05, 4.69) is 16.0 Å². The molecule has 3 aromatic rings. The molecule has 1 saturated heterocycles. The lowest BCUT2D eigenvalue weighted by Gasteiger charge is -2.35. The van der Waals surface area contributed by atoms with Crippen LogP contribution in [0, 0.1) is 0 Å². The maximum absolute atomic E-state index is 12.8. The van der Waals surface area contributed by atoms with Gasteiger partial charge >= 0.3 is 5.97 Å². The third kappa shape index (κ3) is 4.02. The topological polar surface area (TPSA) is 60.9 Å². The molecule has 0 N–H and O–H groups in total. The highest BCUT2D eigenvalue weighted by atomic mass is 16.5. The highest BCUT2D eigenvalue weighted by Gasteiger charge is 2.28. The predicted octanol–water partition coefficient (Wildman–Crippen LogP) is 4.81. The molecule has 1 aliphatic rings. The number of aromatic nitrogens is 1. The first-order valence-electron chi connectivity index (χ1n) is 10.7. The standard InChI is InChI=1S/C25H28N2O4/c1-4-31-25(28)19-16-26-24-18(8-7-11-22(24)30-3)23(19)17-12-14-27(15-13-17)20-9-5-6-10-21(20)29-2/h5-11,16-17H,4,12-15H2,1-3H3. The number of rotatable bonds is 6. The monoisotopic (exact) mass is 420 g/mol. The van der Waals surface area contributed by atoms with Crippen LogP contribution >= 0.6 is 0 Å². The summed E-state index contributed by atoms with van der Waals surface area (Å²) in [5.74, 6) is 1.50. The lowest BCUT2D eigenvalue weighted by molar-refractivity contribution is 0.0524. The molecule has 0 radical (unpaired) electrons. The number of hydrogen-bond donors (Lipinski definition) is 0. The van der Waals surface area contributed by atoms with Gasteiger partial charge in [0.05, 0.1) is 32.1 Å². The highest BCUT2D eigenvalue weighted by Crippen LogP contribution is 2.39. The van der Waals surface area contributed by atoms with Gasteiger partial charge in [-0.2, -0.15) is 0 Å². The number of ether oxygens (including phenoxy) is 3. The molecule has 1 aromatic heterocycles. The molecule has 31 heavy (non-hydrogen) atoms. The number of para-hydroxylation sites is 3. The van der Waals surface area contributed by atoms with Crippen LogP contribution in [0.15, 0.2) is 48.7 Å². The van der Waals surface area contributed by atoms with Crippen molar-refractivity contribution in [2.75, 3.05) is 38.8 Å². The van der Waals surface area contributed by atoms with Crippen LogP contribution in [-0.2, 0) is 4.74 Å². The van der Waals surface area contributed by atoms with Gasteiger partial charge < -0.3 is 19.1 Å². The minimum Gasteiger partial charge on any atom is -0.495 e. The molecule has 0 unspecified atom stereocenters. The number of carbonyl (C=O) groups is 1. The van der Waals surface area contributed by atoms with Crippen molar-refractivity contribution in [3.8, 4) is 11.5 Å². The van der Waals surface area contributed by atoms with E-state index in [-0.39, 0.29) is 11.9 Å². The van der Waals surface area contributed by atoms with Gasteiger partial charge in [-0.1, -0.05) is 24.3 Å². The van der Waals surface area contributed by atoms with Gasteiger partial charge in [-0.05, 0) is 49.4 Å². The zero-order valence-corrected chi connectivity index (χ0v) is 18.3. The number of benzene rings is 2. The number of nitrogens with zero attached hydrogens (tertiary/aromatic N) is 2. The molecule has 0 atom stereocenters. The number of esters is 1. The molecule has 0 amide bonds. The maximum Gasteiger partial charge on any atom is 0.340 e. The Morgan fingerprint density at radius 3 is 2.45 bits per heavy atom. The molecular formula is C25H28N2O4. The second-order valence-electron chi connectivity index (χ2n) is 7.60. The van der Waals surface area contributed by atoms with Crippen LogP contribution in [0.2, 0.25) is 0 Å². The second kappa shape index (κ2) is 9.25. The summed E-state index contributed by atoms with van der Waals surface area (Å²) in [5, 5.41) is 0.959. The van der Waals surface area contributed by atoms with E-state index in [1.807, 2.05) is 43.3 Å². The zero-order chi connectivity index (χ0) is 21.8. The summed E-state index contributed by atoms with van der Waals surface area (Å²) < 4.78 is 16.4. The van der Waals surface area contributed by atoms with Crippen molar-refractivity contribution in [3.63, 3.8) is 0 Å². The zero-order valence-electron chi connectivity index (χ0n) is 18.3. The fourth-order valence-electron chi connectivity index (χ4n) is 4.49. The number of anilines is 1. The van der Waals surface area contributed by atoms with E-state index in [4.69, 9.17) is 14.2 Å². The number of carbonyl (C=O) groups excluding carboxylic acids is 1. The molecule has 6 nitrogen and oxygen atoms in total. The van der Waals surface area contributed by atoms with Crippen molar-refractivity contribution in [1.29, 1.82) is 0 Å². The van der Waals surface area contributed by atoms with Gasteiger partial charge in [-0.3, -0.25) is 4.98 Å². The Kier molecular flexibility index (Phi) is 6.26. The molecule has 162 valence electrons. The molecule has 4 rings (SSSR count). The molecule has 0 bridgehead atoms. The largest absolute Gasteiger partial charge is 0.495 e. The van der Waals surface area contributed by atoms with Crippen LogP contribution in [0.3, 0.4) is 0 Å². The molecule has 1 aliphatic heterocycles. The Morgan fingerprint density at radius 1 is 1.03 bits per heavy atom. The van der Waals surface area contributed by atoms with E-state index in [9.17, 15) is 4.79 Å². The van der Waals surface area contributed by atoms with E-state index in [0.717, 1.165) is 53.8 Å². The van der Waals surface area contributed by atoms with Crippen molar-refractivity contribution >= 4 is 22.6 Å². The van der Waals surface area contributed by atoms with Crippen LogP contribution in [0.4, 0.5) is 5.69 Å². The molecule has 6 heteroatoms. The van der Waals surface area contributed by atoms with Crippen molar-refractivity contribution < 1.29 is 19.0 Å². The first-order valence-corrected chi connectivity index (χ1v) is 10.7. The maximum atomic E-state index is 12.8. The first-order chi connectivity index (χ1) is 15.2. The fourth-order valence-corrected chi connectivity index (χ4v) is 4.49. The van der Waals surface area contributed by atoms with Gasteiger partial charge in [-0.25, -0.2) is 4.79 Å². The van der Waals surface area contributed by atoms with Gasteiger partial charge in [0, 0.05) is 24.7 Å². The number of piperidine rings is 1. The number of hydrogen-bond acceptors (Lipinski definition) is 6. The third-order valence-corrected chi connectivity index (χ3v) is 5.95. The molecule has 0 spiro atoms. The second-order valence-corrected chi connectivity index (χ2v) is 7.60. The van der Waals surface area contributed by atoms with Gasteiger partial charge in [-0.15, -0.1) is 0 Å². The van der Waals surface area contributed by atoms with Crippen molar-refractivity contribution in [3.05, 3.63) is 59.8 Å². The lowest BCUT2D eigenvalue weighted by atomic mass is 9.84. The van der Waals surface area contributed by atoms with E-state index >= 15 is 0 Å². The van der Waals surface area contributed by atoms with Crippen molar-refractivity contribution in [2.45, 2.75) is 25.7 Å². The lowest BCUT2D eigenvalue weighted by Crippen LogP contribution is -2.33. The summed E-state index contributed by atoms with van der Waals surface area (Å²) >= 11 is 0. The van der Waals surface area contributed by atoms with Gasteiger partial charge in [0.15, 0.2) is 0 Å². The first kappa shape index (κ1) is 21.0. The number of fused-ring (bicyclic) bond motifs is 1. The summed E-state index contributed by atoms with van der Waals surface area (Å²) in [5.41, 5.74) is 3.45. The fraction of sp³-hybridized carbons (Fsp3) is 0.360. The molecule has 2 aromatic carbocycles. The van der Waals surface area contributed by atoms with Crippen LogP contribution in [0.1, 0.15) is 41.6 Å². The average molecular weight is 421 g/mol. The Hall–Kier alpha value is -3.28. The van der Waals surface area contributed by atoms with Crippen molar-refractivity contribution in [2.24, 2.45) is 0 Å². The molecular weight excluding hydrogens is 392 g/mol. The van der Waals surface area contributed by atoms with E-state index < -0.39 is 0 Å². The van der Waals surface area contributed by atoms with Gasteiger partial charge in [0.2, 0.25) is 0 Å². The molecule has 2 heterocycles. The van der Waals surface area contributed by atoms with Gasteiger partial charge in [0.1, 0.15) is 17.0 Å². The normalized spacial score (nSPS) is 14.5. The van der Waals surface area contributed by atoms with Crippen LogP contribution in [0.25, 0.3) is 10.9 Å². The van der Waals surface area contributed by atoms with E-state index in [0.29, 0.717) is 17.9 Å². The summed E-state index contributed by atoms with van der Waals surface area (Å²) in [6, 6.07) is 14.0. The minimum absolute atomic E-state index is 0.225. The SMILES string of the molecule is CCOC(=O)c1cnc2c(OC)cccc2c1C1CCN(c2ccccc2OC)CC1. The quantitative estimate of drug-likeness (QED) is 0.533. The summed E-state index contributed by atoms with van der Waals surface area (Å²) in [6.07, 6.45) is 3.48. The highest BCUT2D eigenvalue weighted by molar-refractivity contribution is 5.99. The Morgan fingerprint density at radius 2 is 1.74 bits per heavy atom.